The summed E-state index contributed by atoms with van der Waals surface area (Å²) >= 11 is 0. The molecule has 0 radical (unpaired) electrons. The molecule has 2 heterocycles. The van der Waals surface area contributed by atoms with Gasteiger partial charge in [-0.2, -0.15) is 13.2 Å². The molecule has 1 aliphatic heterocycles. The minimum absolute atomic E-state index is 0.0314. The van der Waals surface area contributed by atoms with Gasteiger partial charge in [-0.3, -0.25) is 4.79 Å². The molecule has 0 saturated carbocycles. The number of nitrogens with zero attached hydrogens (tertiary/aromatic N) is 2. The van der Waals surface area contributed by atoms with Crippen LogP contribution >= 0.6 is 0 Å². The van der Waals surface area contributed by atoms with Crippen LogP contribution in [0.1, 0.15) is 28.8 Å². The highest BCUT2D eigenvalue weighted by Crippen LogP contribution is 2.33. The highest BCUT2D eigenvalue weighted by molar-refractivity contribution is 7.89. The van der Waals surface area contributed by atoms with Crippen molar-refractivity contribution in [2.24, 2.45) is 5.14 Å². The summed E-state index contributed by atoms with van der Waals surface area (Å²) in [6.07, 6.45) is -2.69. The first-order valence-corrected chi connectivity index (χ1v) is 10.8. The van der Waals surface area contributed by atoms with Gasteiger partial charge in [0.25, 0.3) is 5.91 Å². The fourth-order valence-corrected chi connectivity index (χ4v) is 3.84. The Kier molecular flexibility index (Phi) is 6.53. The van der Waals surface area contributed by atoms with Crippen LogP contribution in [0.4, 0.5) is 24.7 Å². The number of methoxy groups -OCH3 is 1. The van der Waals surface area contributed by atoms with E-state index >= 15 is 0 Å². The van der Waals surface area contributed by atoms with Gasteiger partial charge in [-0.25, -0.2) is 18.5 Å². The second kappa shape index (κ2) is 8.81. The number of primary sulfonamides is 1. The average Bonchev–Trinajstić information content (AvgIpc) is 2.72. The molecule has 12 heteroatoms. The van der Waals surface area contributed by atoms with Crippen molar-refractivity contribution in [1.82, 2.24) is 4.98 Å². The largest absolute Gasteiger partial charge is 0.417 e. The van der Waals surface area contributed by atoms with E-state index in [1.807, 2.05) is 0 Å². The van der Waals surface area contributed by atoms with Gasteiger partial charge in [-0.05, 0) is 37.1 Å². The lowest BCUT2D eigenvalue weighted by molar-refractivity contribution is -0.137. The molecular formula is C19H21F3N4O4S. The summed E-state index contributed by atoms with van der Waals surface area (Å²) in [6.45, 7) is 0.913. The van der Waals surface area contributed by atoms with E-state index in [-0.39, 0.29) is 28.1 Å². The summed E-state index contributed by atoms with van der Waals surface area (Å²) in [5.74, 6) is -0.739. The maximum Gasteiger partial charge on any atom is 0.417 e. The second-order valence-corrected chi connectivity index (χ2v) is 8.60. The highest BCUT2D eigenvalue weighted by Gasteiger charge is 2.34. The van der Waals surface area contributed by atoms with Crippen molar-refractivity contribution in [2.45, 2.75) is 30.0 Å². The number of nitrogens with two attached hydrogens (primary N) is 1. The van der Waals surface area contributed by atoms with Crippen LogP contribution in [-0.2, 0) is 20.9 Å². The molecule has 3 rings (SSSR count). The van der Waals surface area contributed by atoms with Crippen molar-refractivity contribution < 1.29 is 31.1 Å². The van der Waals surface area contributed by atoms with Crippen LogP contribution in [0.15, 0.2) is 41.4 Å². The van der Waals surface area contributed by atoms with Gasteiger partial charge in [-0.15, -0.1) is 0 Å². The molecule has 1 aromatic carbocycles. The Hall–Kier alpha value is -2.70. The quantitative estimate of drug-likeness (QED) is 0.712. The highest BCUT2D eigenvalue weighted by atomic mass is 32.2. The Morgan fingerprint density at radius 2 is 1.94 bits per heavy atom. The van der Waals surface area contributed by atoms with Gasteiger partial charge in [0.1, 0.15) is 5.82 Å². The SMILES string of the molecule is COC1CCN(c2ncc(C(F)(F)F)cc2C(=O)Nc2cccc(S(N)(=O)=O)c2)CC1. The molecule has 0 aliphatic carbocycles. The van der Waals surface area contributed by atoms with Crippen molar-refractivity contribution in [3.8, 4) is 0 Å². The molecule has 2 aromatic rings. The van der Waals surface area contributed by atoms with Crippen molar-refractivity contribution in [3.05, 3.63) is 47.7 Å². The number of rotatable bonds is 5. The Labute approximate surface area is 177 Å². The summed E-state index contributed by atoms with van der Waals surface area (Å²) in [7, 11) is -2.43. The number of pyridine rings is 1. The van der Waals surface area contributed by atoms with Gasteiger partial charge >= 0.3 is 6.18 Å². The maximum atomic E-state index is 13.2. The van der Waals surface area contributed by atoms with Gasteiger partial charge in [-0.1, -0.05) is 6.07 Å². The molecule has 8 nitrogen and oxygen atoms in total. The maximum absolute atomic E-state index is 13.2. The molecule has 3 N–H and O–H groups in total. The molecule has 1 saturated heterocycles. The van der Waals surface area contributed by atoms with Crippen molar-refractivity contribution in [3.63, 3.8) is 0 Å². The van der Waals surface area contributed by atoms with Crippen LogP contribution in [0.2, 0.25) is 0 Å². The number of benzene rings is 1. The number of sulfonamides is 1. The number of hydrogen-bond donors (Lipinski definition) is 2. The number of carbonyl (C=O) groups is 1. The van der Waals surface area contributed by atoms with E-state index in [4.69, 9.17) is 9.88 Å². The lowest BCUT2D eigenvalue weighted by Crippen LogP contribution is -2.38. The summed E-state index contributed by atoms with van der Waals surface area (Å²) < 4.78 is 68.0. The lowest BCUT2D eigenvalue weighted by atomic mass is 10.1. The summed E-state index contributed by atoms with van der Waals surface area (Å²) in [5, 5.41) is 7.52. The van der Waals surface area contributed by atoms with Crippen LogP contribution in [-0.4, -0.2) is 45.6 Å². The van der Waals surface area contributed by atoms with Gasteiger partial charge in [0.05, 0.1) is 22.1 Å². The topological polar surface area (TPSA) is 115 Å². The first-order chi connectivity index (χ1) is 14.5. The Bertz CT molecular complexity index is 1070. The van der Waals surface area contributed by atoms with Crippen molar-refractivity contribution >= 4 is 27.4 Å². The summed E-state index contributed by atoms with van der Waals surface area (Å²) in [4.78, 5) is 18.3. The van der Waals surface area contributed by atoms with E-state index in [1.54, 1.807) is 12.0 Å². The molecule has 31 heavy (non-hydrogen) atoms. The summed E-state index contributed by atoms with van der Waals surface area (Å²) in [5.41, 5.74) is -1.27. The molecule has 1 fully saturated rings. The minimum atomic E-state index is -4.68. The van der Waals surface area contributed by atoms with Gasteiger partial charge in [0.15, 0.2) is 0 Å². The standard InChI is InChI=1S/C19H21F3N4O4S/c1-30-14-5-7-26(8-6-14)17-16(9-12(11-24-17)19(20,21)22)18(27)25-13-3-2-4-15(10-13)31(23,28)29/h2-4,9-11,14H,5-8H2,1H3,(H,25,27)(H2,23,28,29). The number of ether oxygens (including phenoxy) is 1. The van der Waals surface area contributed by atoms with Gasteiger partial charge in [0, 0.05) is 32.1 Å². The van der Waals surface area contributed by atoms with E-state index in [9.17, 15) is 26.4 Å². The number of carbonyl (C=O) groups excluding carboxylic acids is 1. The molecule has 1 aliphatic rings. The van der Waals surface area contributed by atoms with Gasteiger partial charge in [0.2, 0.25) is 10.0 Å². The average molecular weight is 458 g/mol. The second-order valence-electron chi connectivity index (χ2n) is 7.04. The first kappa shape index (κ1) is 23.0. The fraction of sp³-hybridized carbons (Fsp3) is 0.368. The minimum Gasteiger partial charge on any atom is -0.381 e. The Morgan fingerprint density at radius 1 is 1.26 bits per heavy atom. The molecular weight excluding hydrogens is 437 g/mol. The molecule has 0 spiro atoms. The number of aromatic nitrogens is 1. The van der Waals surface area contributed by atoms with E-state index in [0.717, 1.165) is 12.1 Å². The van der Waals surface area contributed by atoms with Gasteiger partial charge < -0.3 is 15.0 Å². The monoisotopic (exact) mass is 458 g/mol. The zero-order chi connectivity index (χ0) is 22.8. The molecule has 0 bridgehead atoms. The number of nitrogens with one attached hydrogen (secondary N) is 1. The predicted octanol–water partition coefficient (Wildman–Crippen LogP) is 2.62. The number of piperidine rings is 1. The van der Waals surface area contributed by atoms with Crippen molar-refractivity contribution in [1.29, 1.82) is 0 Å². The Morgan fingerprint density at radius 3 is 2.52 bits per heavy atom. The third kappa shape index (κ3) is 5.51. The van der Waals surface area contributed by atoms with E-state index < -0.39 is 27.7 Å². The first-order valence-electron chi connectivity index (χ1n) is 9.28. The van der Waals surface area contributed by atoms with Crippen LogP contribution in [0, 0.1) is 0 Å². The number of anilines is 2. The lowest BCUT2D eigenvalue weighted by Gasteiger charge is -2.33. The molecule has 0 unspecified atom stereocenters. The van der Waals surface area contributed by atoms with E-state index in [1.165, 1.54) is 18.2 Å². The zero-order valence-corrected chi connectivity index (χ0v) is 17.3. The van der Waals surface area contributed by atoms with E-state index in [2.05, 4.69) is 10.3 Å². The molecule has 1 aromatic heterocycles. The van der Waals surface area contributed by atoms with Crippen LogP contribution in [0.3, 0.4) is 0 Å². The Balaban J connectivity index is 1.94. The fourth-order valence-electron chi connectivity index (χ4n) is 3.28. The van der Waals surface area contributed by atoms with Crippen LogP contribution in [0.25, 0.3) is 0 Å². The third-order valence-corrected chi connectivity index (χ3v) is 5.84. The van der Waals surface area contributed by atoms with E-state index in [0.29, 0.717) is 32.1 Å². The normalized spacial score (nSPS) is 15.7. The molecule has 168 valence electrons. The summed E-state index contributed by atoms with van der Waals surface area (Å²) in [6, 6.07) is 5.86. The van der Waals surface area contributed by atoms with Crippen LogP contribution < -0.4 is 15.4 Å². The number of alkyl halides is 3. The van der Waals surface area contributed by atoms with Crippen LogP contribution in [0.5, 0.6) is 0 Å². The smallest absolute Gasteiger partial charge is 0.381 e. The zero-order valence-electron chi connectivity index (χ0n) is 16.5. The molecule has 1 amide bonds. The third-order valence-electron chi connectivity index (χ3n) is 4.93. The predicted molar refractivity (Wildman–Crippen MR) is 107 cm³/mol. The molecule has 0 atom stereocenters. The van der Waals surface area contributed by atoms with Crippen molar-refractivity contribution in [2.75, 3.05) is 30.4 Å². The number of hydrogen-bond acceptors (Lipinski definition) is 6. The number of amides is 1. The number of halogens is 3.